The monoisotopic (exact) mass is 318 g/mol. The topological polar surface area (TPSA) is 80.4 Å². The predicted molar refractivity (Wildman–Crippen MR) is 86.7 cm³/mol. The van der Waals surface area contributed by atoms with Crippen molar-refractivity contribution in [3.63, 3.8) is 0 Å². The highest BCUT2D eigenvalue weighted by Gasteiger charge is 2.17. The molecule has 2 aromatic rings. The summed E-state index contributed by atoms with van der Waals surface area (Å²) in [7, 11) is 1.74. The highest BCUT2D eigenvalue weighted by Crippen LogP contribution is 2.13. The third-order valence-corrected chi connectivity index (χ3v) is 2.93. The number of carbonyl (C=O) groups is 1. The summed E-state index contributed by atoms with van der Waals surface area (Å²) in [6.07, 6.45) is 0. The molecule has 0 bridgehead atoms. The Kier molecular flexibility index (Phi) is 5.00. The van der Waals surface area contributed by atoms with Crippen molar-refractivity contribution in [2.45, 2.75) is 33.0 Å². The maximum absolute atomic E-state index is 11.9. The van der Waals surface area contributed by atoms with E-state index in [1.165, 1.54) is 4.68 Å². The number of aromatic nitrogens is 2. The first-order chi connectivity index (χ1) is 10.7. The fourth-order valence-corrected chi connectivity index (χ4v) is 2.07. The van der Waals surface area contributed by atoms with Gasteiger partial charge in [0.2, 0.25) is 11.8 Å². The van der Waals surface area contributed by atoms with Gasteiger partial charge in [-0.3, -0.25) is 9.69 Å². The first kappa shape index (κ1) is 17.0. The zero-order chi connectivity index (χ0) is 17.0. The lowest BCUT2D eigenvalue weighted by molar-refractivity contribution is -0.123. The standard InChI is InChI=1S/C16H22N4O3/c1-16(2,3)17-13(21)10-19(4)11-20-15(22)23-14(18-20)12-8-6-5-7-9-12/h5-9H,10-11H2,1-4H3,(H,17,21). The van der Waals surface area contributed by atoms with E-state index >= 15 is 0 Å². The first-order valence-corrected chi connectivity index (χ1v) is 7.37. The van der Waals surface area contributed by atoms with Gasteiger partial charge in [0.25, 0.3) is 0 Å². The molecule has 1 aromatic carbocycles. The van der Waals surface area contributed by atoms with Crippen LogP contribution >= 0.6 is 0 Å². The molecule has 0 aliphatic carbocycles. The molecule has 0 saturated heterocycles. The summed E-state index contributed by atoms with van der Waals surface area (Å²) in [6.45, 7) is 6.08. The molecule has 0 saturated carbocycles. The van der Waals surface area contributed by atoms with E-state index in [-0.39, 0.29) is 30.6 Å². The van der Waals surface area contributed by atoms with Crippen molar-refractivity contribution in [2.24, 2.45) is 0 Å². The minimum Gasteiger partial charge on any atom is -0.388 e. The van der Waals surface area contributed by atoms with E-state index in [0.717, 1.165) is 5.56 Å². The van der Waals surface area contributed by atoms with Crippen molar-refractivity contribution >= 4 is 5.91 Å². The van der Waals surface area contributed by atoms with Crippen LogP contribution in [-0.4, -0.2) is 39.7 Å². The van der Waals surface area contributed by atoms with Gasteiger partial charge in [-0.05, 0) is 40.0 Å². The molecule has 7 heteroatoms. The van der Waals surface area contributed by atoms with E-state index in [4.69, 9.17) is 4.42 Å². The van der Waals surface area contributed by atoms with Crippen molar-refractivity contribution < 1.29 is 9.21 Å². The van der Waals surface area contributed by atoms with Gasteiger partial charge < -0.3 is 9.73 Å². The molecular weight excluding hydrogens is 296 g/mol. The fraction of sp³-hybridized carbons (Fsp3) is 0.438. The van der Waals surface area contributed by atoms with Crippen LogP contribution in [-0.2, 0) is 11.5 Å². The third-order valence-electron chi connectivity index (χ3n) is 2.93. The summed E-state index contributed by atoms with van der Waals surface area (Å²) in [4.78, 5) is 25.5. The molecule has 0 aliphatic heterocycles. The van der Waals surface area contributed by atoms with Crippen LogP contribution in [0.15, 0.2) is 39.5 Å². The van der Waals surface area contributed by atoms with Gasteiger partial charge in [-0.25, -0.2) is 4.79 Å². The largest absolute Gasteiger partial charge is 0.438 e. The third kappa shape index (κ3) is 5.07. The average Bonchev–Trinajstić information content (AvgIpc) is 2.78. The van der Waals surface area contributed by atoms with Gasteiger partial charge in [-0.15, -0.1) is 5.10 Å². The second kappa shape index (κ2) is 6.78. The van der Waals surface area contributed by atoms with Gasteiger partial charge in [0.15, 0.2) is 0 Å². The minimum atomic E-state index is -0.549. The van der Waals surface area contributed by atoms with E-state index in [1.807, 2.05) is 51.1 Å². The van der Waals surface area contributed by atoms with Gasteiger partial charge in [-0.1, -0.05) is 18.2 Å². The predicted octanol–water partition coefficient (Wildman–Crippen LogP) is 1.31. The Morgan fingerprint density at radius 3 is 2.57 bits per heavy atom. The van der Waals surface area contributed by atoms with Gasteiger partial charge in [-0.2, -0.15) is 4.68 Å². The zero-order valence-corrected chi connectivity index (χ0v) is 13.9. The van der Waals surface area contributed by atoms with Crippen LogP contribution in [0.1, 0.15) is 20.8 Å². The molecule has 0 aliphatic rings. The molecule has 0 unspecified atom stereocenters. The number of nitrogens with zero attached hydrogens (tertiary/aromatic N) is 3. The molecular formula is C16H22N4O3. The second-order valence-electron chi connectivity index (χ2n) is 6.49. The van der Waals surface area contributed by atoms with E-state index in [2.05, 4.69) is 10.4 Å². The lowest BCUT2D eigenvalue weighted by atomic mass is 10.1. The molecule has 0 atom stereocenters. The van der Waals surface area contributed by atoms with Crippen LogP contribution < -0.4 is 11.1 Å². The van der Waals surface area contributed by atoms with Crippen molar-refractivity contribution in [3.05, 3.63) is 40.9 Å². The highest BCUT2D eigenvalue weighted by atomic mass is 16.4. The van der Waals surface area contributed by atoms with E-state index in [0.29, 0.717) is 0 Å². The number of carbonyl (C=O) groups excluding carboxylic acids is 1. The van der Waals surface area contributed by atoms with Crippen molar-refractivity contribution in [1.82, 2.24) is 20.0 Å². The Morgan fingerprint density at radius 2 is 1.96 bits per heavy atom. The minimum absolute atomic E-state index is 0.111. The molecule has 0 radical (unpaired) electrons. The normalized spacial score (nSPS) is 11.7. The van der Waals surface area contributed by atoms with E-state index in [1.54, 1.807) is 11.9 Å². The van der Waals surface area contributed by atoms with Gasteiger partial charge in [0.05, 0.1) is 6.54 Å². The highest BCUT2D eigenvalue weighted by molar-refractivity contribution is 5.78. The molecule has 2 rings (SSSR count). The van der Waals surface area contributed by atoms with Crippen LogP contribution in [0.3, 0.4) is 0 Å². The second-order valence-corrected chi connectivity index (χ2v) is 6.49. The van der Waals surface area contributed by atoms with Crippen LogP contribution in [0.25, 0.3) is 11.5 Å². The van der Waals surface area contributed by atoms with E-state index < -0.39 is 5.76 Å². The maximum atomic E-state index is 11.9. The molecule has 0 fully saturated rings. The van der Waals surface area contributed by atoms with Crippen LogP contribution in [0.2, 0.25) is 0 Å². The summed E-state index contributed by atoms with van der Waals surface area (Å²) in [5.74, 6) is -0.394. The van der Waals surface area contributed by atoms with Gasteiger partial charge in [0, 0.05) is 11.1 Å². The molecule has 124 valence electrons. The summed E-state index contributed by atoms with van der Waals surface area (Å²) in [5, 5.41) is 7.04. The van der Waals surface area contributed by atoms with Crippen LogP contribution in [0.5, 0.6) is 0 Å². The molecule has 1 N–H and O–H groups in total. The number of hydrogen-bond acceptors (Lipinski definition) is 5. The number of likely N-dealkylation sites (N-methyl/N-ethyl adjacent to an activating group) is 1. The fourth-order valence-electron chi connectivity index (χ4n) is 2.07. The Morgan fingerprint density at radius 1 is 1.30 bits per heavy atom. The van der Waals surface area contributed by atoms with Crippen molar-refractivity contribution in [3.8, 4) is 11.5 Å². The molecule has 7 nitrogen and oxygen atoms in total. The van der Waals surface area contributed by atoms with Crippen LogP contribution in [0.4, 0.5) is 0 Å². The first-order valence-electron chi connectivity index (χ1n) is 7.37. The van der Waals surface area contributed by atoms with Crippen molar-refractivity contribution in [1.29, 1.82) is 0 Å². The molecule has 1 amide bonds. The molecule has 1 aromatic heterocycles. The number of amides is 1. The maximum Gasteiger partial charge on any atom is 0.438 e. The Labute approximate surface area is 134 Å². The summed E-state index contributed by atoms with van der Waals surface area (Å²) in [5.41, 5.74) is 0.444. The summed E-state index contributed by atoms with van der Waals surface area (Å²) < 4.78 is 6.36. The summed E-state index contributed by atoms with van der Waals surface area (Å²) in [6, 6.07) is 9.20. The van der Waals surface area contributed by atoms with Crippen molar-refractivity contribution in [2.75, 3.05) is 13.6 Å². The quantitative estimate of drug-likeness (QED) is 0.899. The number of rotatable bonds is 5. The zero-order valence-electron chi connectivity index (χ0n) is 13.9. The summed E-state index contributed by atoms with van der Waals surface area (Å²) >= 11 is 0. The Balaban J connectivity index is 2.02. The smallest absolute Gasteiger partial charge is 0.388 e. The molecule has 1 heterocycles. The van der Waals surface area contributed by atoms with Gasteiger partial charge >= 0.3 is 5.76 Å². The Hall–Kier alpha value is -2.41. The molecule has 0 spiro atoms. The number of benzene rings is 1. The molecule has 23 heavy (non-hydrogen) atoms. The lowest BCUT2D eigenvalue weighted by Gasteiger charge is -2.22. The lowest BCUT2D eigenvalue weighted by Crippen LogP contribution is -2.45. The average molecular weight is 318 g/mol. The SMILES string of the molecule is CN(CC(=O)NC(C)(C)C)Cn1nc(-c2ccccc2)oc1=O. The Bertz CT molecular complexity index is 713. The van der Waals surface area contributed by atoms with E-state index in [9.17, 15) is 9.59 Å². The number of hydrogen-bond donors (Lipinski definition) is 1. The number of nitrogens with one attached hydrogen (secondary N) is 1. The van der Waals surface area contributed by atoms with Crippen LogP contribution in [0, 0.1) is 0 Å². The van der Waals surface area contributed by atoms with Gasteiger partial charge in [0.1, 0.15) is 6.67 Å².